The minimum absolute atomic E-state index is 0.256. The molecular formula is C20H19ClN4O2S. The van der Waals surface area contributed by atoms with Crippen LogP contribution in [0.5, 0.6) is 0 Å². The summed E-state index contributed by atoms with van der Waals surface area (Å²) in [6, 6.07) is 16.1. The van der Waals surface area contributed by atoms with Crippen molar-refractivity contribution in [3.63, 3.8) is 0 Å². The summed E-state index contributed by atoms with van der Waals surface area (Å²) in [5.74, 6) is -0.0486. The Morgan fingerprint density at radius 2 is 1.57 bits per heavy atom. The predicted molar refractivity (Wildman–Crippen MR) is 119 cm³/mol. The van der Waals surface area contributed by atoms with Crippen molar-refractivity contribution >= 4 is 57.6 Å². The molecule has 3 aromatic rings. The van der Waals surface area contributed by atoms with Crippen LogP contribution in [0.25, 0.3) is 0 Å². The quantitative estimate of drug-likeness (QED) is 0.507. The van der Waals surface area contributed by atoms with Crippen LogP contribution in [0.4, 0.5) is 22.7 Å². The fraction of sp³-hybridized carbons (Fsp3) is 0.100. The molecule has 3 rings (SSSR count). The topological polar surface area (TPSA) is 69.5 Å². The number of nitrogens with one attached hydrogen (secondary N) is 3. The highest BCUT2D eigenvalue weighted by Crippen LogP contribution is 2.27. The third-order valence-corrected chi connectivity index (χ3v) is 4.34. The Kier molecular flexibility index (Phi) is 6.18. The van der Waals surface area contributed by atoms with Crippen LogP contribution in [-0.2, 0) is 0 Å². The lowest BCUT2D eigenvalue weighted by Crippen LogP contribution is -2.19. The minimum atomic E-state index is -0.305. The van der Waals surface area contributed by atoms with E-state index >= 15 is 0 Å². The van der Waals surface area contributed by atoms with Crippen molar-refractivity contribution in [2.75, 3.05) is 34.9 Å². The first-order valence-corrected chi connectivity index (χ1v) is 9.21. The summed E-state index contributed by atoms with van der Waals surface area (Å²) in [7, 11) is 3.86. The van der Waals surface area contributed by atoms with Crippen LogP contribution in [0, 0.1) is 0 Å². The Bertz CT molecular complexity index is 972. The number of rotatable bonds is 5. The molecule has 0 aliphatic rings. The number of hydrogen-bond donors (Lipinski definition) is 3. The lowest BCUT2D eigenvalue weighted by molar-refractivity contribution is 0.0996. The first-order valence-electron chi connectivity index (χ1n) is 8.42. The molecule has 0 radical (unpaired) electrons. The van der Waals surface area contributed by atoms with Gasteiger partial charge in [0.05, 0.1) is 17.0 Å². The molecule has 144 valence electrons. The summed E-state index contributed by atoms with van der Waals surface area (Å²) in [5, 5.41) is 10.0. The van der Waals surface area contributed by atoms with E-state index in [4.69, 9.17) is 28.2 Å². The molecule has 2 aromatic carbocycles. The Morgan fingerprint density at radius 1 is 0.964 bits per heavy atom. The van der Waals surface area contributed by atoms with Gasteiger partial charge in [0.15, 0.2) is 10.9 Å². The smallest absolute Gasteiger partial charge is 0.291 e. The fourth-order valence-electron chi connectivity index (χ4n) is 2.48. The zero-order valence-electron chi connectivity index (χ0n) is 15.3. The lowest BCUT2D eigenvalue weighted by Gasteiger charge is -2.16. The van der Waals surface area contributed by atoms with Gasteiger partial charge in [-0.15, -0.1) is 0 Å². The molecule has 0 atom stereocenters. The molecule has 0 aliphatic carbocycles. The maximum Gasteiger partial charge on any atom is 0.291 e. The number of carbonyl (C=O) groups is 1. The van der Waals surface area contributed by atoms with Gasteiger partial charge < -0.3 is 25.3 Å². The second kappa shape index (κ2) is 8.77. The molecule has 28 heavy (non-hydrogen) atoms. The van der Waals surface area contributed by atoms with E-state index in [2.05, 4.69) is 16.0 Å². The largest absolute Gasteiger partial charge is 0.459 e. The maximum atomic E-state index is 12.0. The van der Waals surface area contributed by atoms with Crippen LogP contribution in [0.3, 0.4) is 0 Å². The van der Waals surface area contributed by atoms with Crippen molar-refractivity contribution in [1.29, 1.82) is 0 Å². The van der Waals surface area contributed by atoms with Crippen LogP contribution in [0.1, 0.15) is 10.6 Å². The van der Waals surface area contributed by atoms with E-state index < -0.39 is 0 Å². The summed E-state index contributed by atoms with van der Waals surface area (Å²) in [6.07, 6.45) is 1.46. The highest BCUT2D eigenvalue weighted by atomic mass is 35.5. The van der Waals surface area contributed by atoms with E-state index in [1.54, 1.807) is 24.3 Å². The van der Waals surface area contributed by atoms with E-state index in [9.17, 15) is 4.79 Å². The number of nitrogens with zero attached hydrogens (tertiary/aromatic N) is 1. The van der Waals surface area contributed by atoms with Crippen molar-refractivity contribution in [3.8, 4) is 0 Å². The summed E-state index contributed by atoms with van der Waals surface area (Å²) in [6.45, 7) is 0. The van der Waals surface area contributed by atoms with Gasteiger partial charge in [-0.05, 0) is 66.8 Å². The Morgan fingerprint density at radius 3 is 2.14 bits per heavy atom. The van der Waals surface area contributed by atoms with Crippen molar-refractivity contribution in [2.24, 2.45) is 0 Å². The van der Waals surface area contributed by atoms with Crippen molar-refractivity contribution < 1.29 is 9.21 Å². The SMILES string of the molecule is CN(C)c1ccc(NC(=S)Nc2ccc(NC(=O)c3ccco3)cc2)cc1Cl. The molecule has 1 aromatic heterocycles. The van der Waals surface area contributed by atoms with Gasteiger partial charge in [-0.1, -0.05) is 11.6 Å². The minimum Gasteiger partial charge on any atom is -0.459 e. The molecule has 0 fully saturated rings. The third-order valence-electron chi connectivity index (χ3n) is 3.83. The van der Waals surface area contributed by atoms with Crippen LogP contribution in [0.2, 0.25) is 5.02 Å². The Hall–Kier alpha value is -3.03. The van der Waals surface area contributed by atoms with Crippen molar-refractivity contribution in [3.05, 3.63) is 71.6 Å². The highest BCUT2D eigenvalue weighted by Gasteiger charge is 2.09. The van der Waals surface area contributed by atoms with E-state index in [0.717, 1.165) is 17.1 Å². The van der Waals surface area contributed by atoms with Gasteiger partial charge in [0.1, 0.15) is 0 Å². The van der Waals surface area contributed by atoms with E-state index in [1.807, 2.05) is 49.3 Å². The average molecular weight is 415 g/mol. The first-order chi connectivity index (χ1) is 13.4. The predicted octanol–water partition coefficient (Wildman–Crippen LogP) is 5.06. The van der Waals surface area contributed by atoms with E-state index in [1.165, 1.54) is 6.26 Å². The van der Waals surface area contributed by atoms with Gasteiger partial charge in [0, 0.05) is 31.2 Å². The molecule has 0 spiro atoms. The number of carbonyl (C=O) groups excluding carboxylic acids is 1. The van der Waals surface area contributed by atoms with Gasteiger partial charge in [-0.2, -0.15) is 0 Å². The average Bonchev–Trinajstić information content (AvgIpc) is 3.18. The van der Waals surface area contributed by atoms with Gasteiger partial charge in [-0.3, -0.25) is 4.79 Å². The van der Waals surface area contributed by atoms with Crippen molar-refractivity contribution in [1.82, 2.24) is 0 Å². The second-order valence-electron chi connectivity index (χ2n) is 6.15. The number of thiocarbonyl (C=S) groups is 1. The van der Waals surface area contributed by atoms with Gasteiger partial charge >= 0.3 is 0 Å². The van der Waals surface area contributed by atoms with Crippen LogP contribution in [0.15, 0.2) is 65.3 Å². The van der Waals surface area contributed by atoms with Crippen molar-refractivity contribution in [2.45, 2.75) is 0 Å². The van der Waals surface area contributed by atoms with E-state index in [0.29, 0.717) is 15.8 Å². The zero-order chi connectivity index (χ0) is 20.1. The molecular weight excluding hydrogens is 396 g/mol. The van der Waals surface area contributed by atoms with Gasteiger partial charge in [-0.25, -0.2) is 0 Å². The number of benzene rings is 2. The normalized spacial score (nSPS) is 10.2. The van der Waals surface area contributed by atoms with E-state index in [-0.39, 0.29) is 11.7 Å². The summed E-state index contributed by atoms with van der Waals surface area (Å²) in [5.41, 5.74) is 3.15. The van der Waals surface area contributed by atoms with Crippen LogP contribution in [-0.4, -0.2) is 25.1 Å². The molecule has 0 saturated carbocycles. The number of amides is 1. The fourth-order valence-corrected chi connectivity index (χ4v) is 3.06. The lowest BCUT2D eigenvalue weighted by atomic mass is 10.2. The molecule has 1 heterocycles. The van der Waals surface area contributed by atoms with Crippen LogP contribution < -0.4 is 20.9 Å². The number of halogens is 1. The third kappa shape index (κ3) is 5.03. The standard InChI is InChI=1S/C20H19ClN4O2S/c1-25(2)17-10-9-15(12-16(17)21)24-20(28)23-14-7-5-13(6-8-14)22-19(26)18-4-3-11-27-18/h3-12H,1-2H3,(H,22,26)(H2,23,24,28). The van der Waals surface area contributed by atoms with Crippen LogP contribution >= 0.6 is 23.8 Å². The Labute approximate surface area is 173 Å². The summed E-state index contributed by atoms with van der Waals surface area (Å²) in [4.78, 5) is 13.9. The zero-order valence-corrected chi connectivity index (χ0v) is 16.9. The number of furan rings is 1. The first kappa shape index (κ1) is 19.7. The second-order valence-corrected chi connectivity index (χ2v) is 6.96. The monoisotopic (exact) mass is 414 g/mol. The summed E-state index contributed by atoms with van der Waals surface area (Å²) >= 11 is 11.6. The maximum absolute atomic E-state index is 12.0. The molecule has 0 aliphatic heterocycles. The molecule has 0 unspecified atom stereocenters. The molecule has 8 heteroatoms. The molecule has 1 amide bonds. The number of hydrogen-bond acceptors (Lipinski definition) is 4. The molecule has 0 bridgehead atoms. The molecule has 6 nitrogen and oxygen atoms in total. The summed E-state index contributed by atoms with van der Waals surface area (Å²) < 4.78 is 5.07. The van der Waals surface area contributed by atoms with Gasteiger partial charge in [0.2, 0.25) is 0 Å². The molecule has 0 saturated heterocycles. The van der Waals surface area contributed by atoms with Gasteiger partial charge in [0.25, 0.3) is 5.91 Å². The Balaban J connectivity index is 1.57. The number of anilines is 4. The highest BCUT2D eigenvalue weighted by molar-refractivity contribution is 7.80. The molecule has 3 N–H and O–H groups in total.